The Balaban J connectivity index is 2.16. The number of nitrogens with two attached hydrogens (primary N) is 1. The highest BCUT2D eigenvalue weighted by Crippen LogP contribution is 2.25. The summed E-state index contributed by atoms with van der Waals surface area (Å²) in [5.41, 5.74) is 7.49. The maximum Gasteiger partial charge on any atom is 0.150 e. The molecule has 74 valence electrons. The average Bonchev–Trinajstić information content (AvgIpc) is 2.64. The van der Waals surface area contributed by atoms with Gasteiger partial charge in [-0.25, -0.2) is 0 Å². The number of Topliss-reactive ketones (excluding diaryl/α,β-unsaturated/α-hetero) is 1. The number of fused-ring (bicyclic) bond motifs is 1. The van der Waals surface area contributed by atoms with Crippen LogP contribution in [0.2, 0.25) is 0 Å². The fraction of sp³-hybridized carbons (Fsp3) is 0.364. The van der Waals surface area contributed by atoms with Gasteiger partial charge in [0.1, 0.15) is 5.75 Å². The number of hydrogen-bond acceptors (Lipinski definition) is 3. The van der Waals surface area contributed by atoms with Crippen LogP contribution in [-0.2, 0) is 17.6 Å². The van der Waals surface area contributed by atoms with E-state index in [0.29, 0.717) is 6.42 Å². The highest BCUT2D eigenvalue weighted by molar-refractivity contribution is 5.82. The number of carbonyl (C=O) groups is 1. The second-order valence-corrected chi connectivity index (χ2v) is 3.46. The third-order valence-corrected chi connectivity index (χ3v) is 2.38. The summed E-state index contributed by atoms with van der Waals surface area (Å²) in [6.45, 7) is 0.872. The smallest absolute Gasteiger partial charge is 0.150 e. The summed E-state index contributed by atoms with van der Waals surface area (Å²) in [4.78, 5) is 11.1. The quantitative estimate of drug-likeness (QED) is 0.764. The van der Waals surface area contributed by atoms with Crippen molar-refractivity contribution in [2.45, 2.75) is 12.8 Å². The molecule has 0 spiro atoms. The summed E-state index contributed by atoms with van der Waals surface area (Å²) in [5.74, 6) is 1.03. The van der Waals surface area contributed by atoms with Crippen molar-refractivity contribution in [3.05, 3.63) is 29.3 Å². The molecule has 0 aliphatic carbocycles. The molecule has 1 aliphatic rings. The number of benzene rings is 1. The van der Waals surface area contributed by atoms with Crippen molar-refractivity contribution < 1.29 is 9.53 Å². The summed E-state index contributed by atoms with van der Waals surface area (Å²) < 4.78 is 5.38. The molecule has 1 heterocycles. The fourth-order valence-electron chi connectivity index (χ4n) is 1.65. The first-order valence-corrected chi connectivity index (χ1v) is 4.76. The van der Waals surface area contributed by atoms with Gasteiger partial charge in [0, 0.05) is 12.8 Å². The Bertz CT molecular complexity index is 360. The summed E-state index contributed by atoms with van der Waals surface area (Å²) in [5, 5.41) is 0. The van der Waals surface area contributed by atoms with Crippen molar-refractivity contribution in [3.8, 4) is 5.75 Å². The van der Waals surface area contributed by atoms with E-state index in [9.17, 15) is 4.79 Å². The van der Waals surface area contributed by atoms with E-state index in [0.717, 1.165) is 24.3 Å². The van der Waals surface area contributed by atoms with Crippen LogP contribution in [0.4, 0.5) is 0 Å². The van der Waals surface area contributed by atoms with E-state index in [4.69, 9.17) is 10.5 Å². The first kappa shape index (κ1) is 9.21. The maximum absolute atomic E-state index is 11.1. The molecule has 0 saturated carbocycles. The van der Waals surface area contributed by atoms with Crippen LogP contribution in [0.15, 0.2) is 18.2 Å². The lowest BCUT2D eigenvalue weighted by atomic mass is 10.0. The standard InChI is InChI=1S/C11H13NO2/c12-7-10(13)6-8-1-2-11-9(5-8)3-4-14-11/h1-2,5H,3-4,6-7,12H2. The molecule has 0 amide bonds. The molecule has 2 rings (SSSR count). The van der Waals surface area contributed by atoms with Gasteiger partial charge in [0.2, 0.25) is 0 Å². The Morgan fingerprint density at radius 2 is 2.36 bits per heavy atom. The summed E-state index contributed by atoms with van der Waals surface area (Å²) in [6.07, 6.45) is 1.38. The van der Waals surface area contributed by atoms with E-state index in [1.54, 1.807) is 0 Å². The monoisotopic (exact) mass is 191 g/mol. The lowest BCUT2D eigenvalue weighted by Crippen LogP contribution is -2.15. The Hall–Kier alpha value is -1.35. The molecule has 3 heteroatoms. The van der Waals surface area contributed by atoms with Crippen LogP contribution in [0.1, 0.15) is 11.1 Å². The molecule has 0 aromatic heterocycles. The molecule has 0 radical (unpaired) electrons. The zero-order chi connectivity index (χ0) is 9.97. The van der Waals surface area contributed by atoms with Crippen molar-refractivity contribution in [2.24, 2.45) is 5.73 Å². The molecule has 1 aromatic carbocycles. The Morgan fingerprint density at radius 1 is 1.50 bits per heavy atom. The van der Waals surface area contributed by atoms with Crippen LogP contribution >= 0.6 is 0 Å². The average molecular weight is 191 g/mol. The van der Waals surface area contributed by atoms with Gasteiger partial charge in [-0.2, -0.15) is 0 Å². The van der Waals surface area contributed by atoms with Crippen LogP contribution in [0.25, 0.3) is 0 Å². The van der Waals surface area contributed by atoms with Crippen LogP contribution in [0, 0.1) is 0 Å². The summed E-state index contributed by atoms with van der Waals surface area (Å²) >= 11 is 0. The van der Waals surface area contributed by atoms with Gasteiger partial charge in [-0.15, -0.1) is 0 Å². The number of ketones is 1. The lowest BCUT2D eigenvalue weighted by molar-refractivity contribution is -0.117. The Labute approximate surface area is 82.9 Å². The zero-order valence-corrected chi connectivity index (χ0v) is 7.95. The van der Waals surface area contributed by atoms with Crippen molar-refractivity contribution >= 4 is 5.78 Å². The number of hydrogen-bond donors (Lipinski definition) is 1. The topological polar surface area (TPSA) is 52.3 Å². The molecule has 1 aromatic rings. The summed E-state index contributed by atoms with van der Waals surface area (Å²) in [6, 6.07) is 5.90. The molecule has 14 heavy (non-hydrogen) atoms. The molecule has 3 nitrogen and oxygen atoms in total. The van der Waals surface area contributed by atoms with Crippen LogP contribution in [0.5, 0.6) is 5.75 Å². The third-order valence-electron chi connectivity index (χ3n) is 2.38. The minimum Gasteiger partial charge on any atom is -0.493 e. The largest absolute Gasteiger partial charge is 0.493 e. The van der Waals surface area contributed by atoms with Gasteiger partial charge < -0.3 is 10.5 Å². The van der Waals surface area contributed by atoms with Crippen LogP contribution in [-0.4, -0.2) is 18.9 Å². The van der Waals surface area contributed by atoms with E-state index < -0.39 is 0 Å². The Kier molecular flexibility index (Phi) is 2.50. The first-order valence-electron chi connectivity index (χ1n) is 4.76. The molecule has 0 atom stereocenters. The zero-order valence-electron chi connectivity index (χ0n) is 7.95. The second kappa shape index (κ2) is 3.80. The van der Waals surface area contributed by atoms with Gasteiger partial charge >= 0.3 is 0 Å². The maximum atomic E-state index is 11.1. The number of carbonyl (C=O) groups excluding carboxylic acids is 1. The third kappa shape index (κ3) is 1.77. The molecular formula is C11H13NO2. The number of ether oxygens (including phenoxy) is 1. The highest BCUT2D eigenvalue weighted by atomic mass is 16.5. The van der Waals surface area contributed by atoms with E-state index >= 15 is 0 Å². The predicted octanol–water partition coefficient (Wildman–Crippen LogP) is 0.692. The molecule has 1 aliphatic heterocycles. The molecule has 0 unspecified atom stereocenters. The van der Waals surface area contributed by atoms with E-state index in [2.05, 4.69) is 0 Å². The van der Waals surface area contributed by atoms with Crippen molar-refractivity contribution in [1.29, 1.82) is 0 Å². The van der Waals surface area contributed by atoms with Gasteiger partial charge in [-0.1, -0.05) is 12.1 Å². The predicted molar refractivity (Wildman–Crippen MR) is 53.4 cm³/mol. The van der Waals surface area contributed by atoms with Crippen molar-refractivity contribution in [3.63, 3.8) is 0 Å². The van der Waals surface area contributed by atoms with Crippen LogP contribution < -0.4 is 10.5 Å². The first-order chi connectivity index (χ1) is 6.79. The van der Waals surface area contributed by atoms with E-state index in [1.165, 1.54) is 5.56 Å². The van der Waals surface area contributed by atoms with Crippen molar-refractivity contribution in [2.75, 3.05) is 13.2 Å². The van der Waals surface area contributed by atoms with Crippen molar-refractivity contribution in [1.82, 2.24) is 0 Å². The minimum absolute atomic E-state index is 0.0730. The normalized spacial score (nSPS) is 13.5. The van der Waals surface area contributed by atoms with Gasteiger partial charge in [0.25, 0.3) is 0 Å². The molecule has 0 fully saturated rings. The van der Waals surface area contributed by atoms with Gasteiger partial charge in [0.15, 0.2) is 5.78 Å². The Morgan fingerprint density at radius 3 is 3.14 bits per heavy atom. The molecule has 0 saturated heterocycles. The van der Waals surface area contributed by atoms with Crippen LogP contribution in [0.3, 0.4) is 0 Å². The minimum atomic E-state index is 0.0730. The molecule has 2 N–H and O–H groups in total. The van der Waals surface area contributed by atoms with Gasteiger partial charge in [-0.3, -0.25) is 4.79 Å². The van der Waals surface area contributed by atoms with E-state index in [1.807, 2.05) is 18.2 Å². The molecular weight excluding hydrogens is 178 g/mol. The van der Waals surface area contributed by atoms with E-state index in [-0.39, 0.29) is 12.3 Å². The lowest BCUT2D eigenvalue weighted by Gasteiger charge is -2.02. The van der Waals surface area contributed by atoms with Gasteiger partial charge in [-0.05, 0) is 17.2 Å². The highest BCUT2D eigenvalue weighted by Gasteiger charge is 2.12. The number of rotatable bonds is 3. The second-order valence-electron chi connectivity index (χ2n) is 3.46. The van der Waals surface area contributed by atoms with Gasteiger partial charge in [0.05, 0.1) is 13.2 Å². The molecule has 0 bridgehead atoms. The fourth-order valence-corrected chi connectivity index (χ4v) is 1.65. The summed E-state index contributed by atoms with van der Waals surface area (Å²) in [7, 11) is 0. The SMILES string of the molecule is NCC(=O)Cc1ccc2c(c1)CCO2.